The average Bonchev–Trinajstić information content (AvgIpc) is 2.85. The minimum absolute atomic E-state index is 0.0215. The molecule has 2 amide bonds. The molecule has 1 aromatic carbocycles. The number of nitrogens with zero attached hydrogens (tertiary/aromatic N) is 1. The third kappa shape index (κ3) is 5.14. The summed E-state index contributed by atoms with van der Waals surface area (Å²) >= 11 is 0. The van der Waals surface area contributed by atoms with Crippen LogP contribution in [0.2, 0.25) is 0 Å². The largest absolute Gasteiger partial charge is 0.489 e. The zero-order valence-electron chi connectivity index (χ0n) is 13.3. The lowest BCUT2D eigenvalue weighted by Crippen LogP contribution is -2.22. The predicted molar refractivity (Wildman–Crippen MR) is 85.3 cm³/mol. The second kappa shape index (κ2) is 7.44. The first-order valence-corrected chi connectivity index (χ1v) is 7.22. The molecule has 0 bridgehead atoms. The molecule has 0 saturated heterocycles. The minimum Gasteiger partial charge on any atom is -0.489 e. The van der Waals surface area contributed by atoms with Crippen LogP contribution in [0.3, 0.4) is 0 Å². The highest BCUT2D eigenvalue weighted by Crippen LogP contribution is 2.24. The summed E-state index contributed by atoms with van der Waals surface area (Å²) < 4.78 is 10.4. The fraction of sp³-hybridized carbons (Fsp3) is 0.312. The zero-order chi connectivity index (χ0) is 16.8. The zero-order valence-corrected chi connectivity index (χ0v) is 13.3. The first-order valence-electron chi connectivity index (χ1n) is 7.22. The van der Waals surface area contributed by atoms with Crippen molar-refractivity contribution in [2.75, 3.05) is 10.6 Å². The van der Waals surface area contributed by atoms with Gasteiger partial charge in [0.25, 0.3) is 0 Å². The monoisotopic (exact) mass is 317 g/mol. The van der Waals surface area contributed by atoms with Crippen molar-refractivity contribution in [3.63, 3.8) is 0 Å². The van der Waals surface area contributed by atoms with Crippen molar-refractivity contribution in [2.45, 2.75) is 33.3 Å². The lowest BCUT2D eigenvalue weighted by molar-refractivity contribution is -0.123. The number of aromatic nitrogens is 1. The number of ether oxygens (including phenoxy) is 1. The van der Waals surface area contributed by atoms with E-state index < -0.39 is 11.8 Å². The number of aryl methyl sites for hydroxylation is 1. The highest BCUT2D eigenvalue weighted by atomic mass is 16.5. The number of para-hydroxylation sites is 2. The van der Waals surface area contributed by atoms with Gasteiger partial charge >= 0.3 is 0 Å². The Morgan fingerprint density at radius 1 is 1.22 bits per heavy atom. The number of carbonyl (C=O) groups excluding carboxylic acids is 2. The van der Waals surface area contributed by atoms with Crippen molar-refractivity contribution in [1.82, 2.24) is 5.16 Å². The molecule has 7 nitrogen and oxygen atoms in total. The molecule has 122 valence electrons. The number of nitrogens with one attached hydrogen (secondary N) is 2. The molecule has 2 rings (SSSR count). The van der Waals surface area contributed by atoms with Gasteiger partial charge < -0.3 is 19.9 Å². The van der Waals surface area contributed by atoms with Crippen molar-refractivity contribution in [3.05, 3.63) is 36.1 Å². The van der Waals surface area contributed by atoms with Crippen LogP contribution in [0.25, 0.3) is 0 Å². The summed E-state index contributed by atoms with van der Waals surface area (Å²) in [7, 11) is 0. The van der Waals surface area contributed by atoms with Gasteiger partial charge in [-0.1, -0.05) is 17.3 Å². The average molecular weight is 317 g/mol. The maximum absolute atomic E-state index is 12.0. The summed E-state index contributed by atoms with van der Waals surface area (Å²) in [5.74, 6) is 0.498. The lowest BCUT2D eigenvalue weighted by atomic mass is 10.2. The molecule has 0 atom stereocenters. The molecule has 0 spiro atoms. The number of anilines is 2. The Hall–Kier alpha value is -2.83. The predicted octanol–water partition coefficient (Wildman–Crippen LogP) is 2.74. The number of rotatable bonds is 6. The first kappa shape index (κ1) is 16.5. The van der Waals surface area contributed by atoms with Gasteiger partial charge in [0.2, 0.25) is 11.8 Å². The van der Waals surface area contributed by atoms with Gasteiger partial charge in [0.05, 0.1) is 11.8 Å². The van der Waals surface area contributed by atoms with Gasteiger partial charge in [-0.05, 0) is 32.9 Å². The Labute approximate surface area is 134 Å². The van der Waals surface area contributed by atoms with Crippen LogP contribution in [0, 0.1) is 6.92 Å². The molecule has 0 aliphatic carbocycles. The first-order chi connectivity index (χ1) is 10.9. The molecule has 23 heavy (non-hydrogen) atoms. The van der Waals surface area contributed by atoms with Crippen LogP contribution in [0.15, 0.2) is 34.9 Å². The normalized spacial score (nSPS) is 10.4. The molecule has 2 aromatic rings. The smallest absolute Gasteiger partial charge is 0.235 e. The van der Waals surface area contributed by atoms with Gasteiger partial charge in [0.1, 0.15) is 17.9 Å². The highest BCUT2D eigenvalue weighted by Gasteiger charge is 2.14. The number of carbonyl (C=O) groups is 2. The minimum atomic E-state index is -0.474. The van der Waals surface area contributed by atoms with E-state index in [2.05, 4.69) is 15.8 Å². The molecule has 2 N–H and O–H groups in total. The van der Waals surface area contributed by atoms with E-state index in [-0.39, 0.29) is 18.3 Å². The van der Waals surface area contributed by atoms with Crippen molar-refractivity contribution in [1.29, 1.82) is 0 Å². The Morgan fingerprint density at radius 2 is 1.91 bits per heavy atom. The van der Waals surface area contributed by atoms with E-state index in [1.54, 1.807) is 31.2 Å². The second-order valence-corrected chi connectivity index (χ2v) is 5.26. The molecule has 0 aliphatic rings. The van der Waals surface area contributed by atoms with E-state index in [0.717, 1.165) is 0 Å². The van der Waals surface area contributed by atoms with Gasteiger partial charge in [0.15, 0.2) is 5.82 Å². The number of hydrogen-bond donors (Lipinski definition) is 2. The van der Waals surface area contributed by atoms with Crippen LogP contribution in [-0.2, 0) is 9.59 Å². The van der Waals surface area contributed by atoms with E-state index in [1.807, 2.05) is 19.9 Å². The summed E-state index contributed by atoms with van der Waals surface area (Å²) in [6, 6.07) is 8.64. The SMILES string of the molecule is Cc1cc(NC(=O)CC(=O)Nc2ccccc2OC(C)C)no1. The number of hydrogen-bond acceptors (Lipinski definition) is 5. The lowest BCUT2D eigenvalue weighted by Gasteiger charge is -2.14. The molecule has 1 aromatic heterocycles. The van der Waals surface area contributed by atoms with E-state index in [4.69, 9.17) is 9.26 Å². The molecule has 0 radical (unpaired) electrons. The van der Waals surface area contributed by atoms with Crippen molar-refractivity contribution < 1.29 is 18.8 Å². The van der Waals surface area contributed by atoms with Crippen LogP contribution >= 0.6 is 0 Å². The molecule has 7 heteroatoms. The molecule has 1 heterocycles. The van der Waals surface area contributed by atoms with Gasteiger partial charge in [-0.15, -0.1) is 0 Å². The molecule has 0 unspecified atom stereocenters. The Balaban J connectivity index is 1.93. The van der Waals surface area contributed by atoms with Gasteiger partial charge in [-0.2, -0.15) is 0 Å². The Morgan fingerprint density at radius 3 is 2.57 bits per heavy atom. The summed E-state index contributed by atoms with van der Waals surface area (Å²) in [6.45, 7) is 5.50. The fourth-order valence-electron chi connectivity index (χ4n) is 1.88. The number of amides is 2. The molecule has 0 aliphatic heterocycles. The van der Waals surface area contributed by atoms with E-state index in [0.29, 0.717) is 17.2 Å². The summed E-state index contributed by atoms with van der Waals surface area (Å²) in [5, 5.41) is 8.79. The quantitative estimate of drug-likeness (QED) is 0.799. The van der Waals surface area contributed by atoms with Crippen LogP contribution in [0.1, 0.15) is 26.0 Å². The van der Waals surface area contributed by atoms with Gasteiger partial charge in [-0.3, -0.25) is 9.59 Å². The fourth-order valence-corrected chi connectivity index (χ4v) is 1.88. The molecule has 0 fully saturated rings. The number of benzene rings is 1. The summed E-state index contributed by atoms with van der Waals surface area (Å²) in [4.78, 5) is 23.8. The van der Waals surface area contributed by atoms with Crippen LogP contribution < -0.4 is 15.4 Å². The van der Waals surface area contributed by atoms with Crippen LogP contribution in [-0.4, -0.2) is 23.1 Å². The highest BCUT2D eigenvalue weighted by molar-refractivity contribution is 6.08. The van der Waals surface area contributed by atoms with Crippen LogP contribution in [0.4, 0.5) is 11.5 Å². The van der Waals surface area contributed by atoms with E-state index in [1.165, 1.54) is 0 Å². The third-order valence-electron chi connectivity index (χ3n) is 2.74. The van der Waals surface area contributed by atoms with Crippen molar-refractivity contribution in [2.24, 2.45) is 0 Å². The van der Waals surface area contributed by atoms with Gasteiger partial charge in [-0.25, -0.2) is 0 Å². The van der Waals surface area contributed by atoms with E-state index in [9.17, 15) is 9.59 Å². The summed E-state index contributed by atoms with van der Waals surface area (Å²) in [6.07, 6.45) is -0.353. The molecular formula is C16H19N3O4. The standard InChI is InChI=1S/C16H19N3O4/c1-10(2)22-13-7-5-4-6-12(13)17-15(20)9-16(21)18-14-8-11(3)23-19-14/h4-8,10H,9H2,1-3H3,(H,17,20)(H,18,19,21). The topological polar surface area (TPSA) is 93.5 Å². The Kier molecular flexibility index (Phi) is 5.35. The van der Waals surface area contributed by atoms with Gasteiger partial charge in [0, 0.05) is 6.07 Å². The maximum atomic E-state index is 12.0. The molecular weight excluding hydrogens is 298 g/mol. The maximum Gasteiger partial charge on any atom is 0.235 e. The van der Waals surface area contributed by atoms with Crippen molar-refractivity contribution >= 4 is 23.3 Å². The second-order valence-electron chi connectivity index (χ2n) is 5.26. The summed E-state index contributed by atoms with van der Waals surface area (Å²) in [5.41, 5.74) is 0.524. The van der Waals surface area contributed by atoms with Crippen molar-refractivity contribution in [3.8, 4) is 5.75 Å². The van der Waals surface area contributed by atoms with E-state index >= 15 is 0 Å². The van der Waals surface area contributed by atoms with Crippen LogP contribution in [0.5, 0.6) is 5.75 Å². The third-order valence-corrected chi connectivity index (χ3v) is 2.74. The molecule has 0 saturated carbocycles. The Bertz CT molecular complexity index is 694.